The Kier molecular flexibility index (Phi) is 8.53. The molecule has 1 saturated heterocycles. The molecule has 6 rings (SSSR count). The van der Waals surface area contributed by atoms with Crippen LogP contribution in [0, 0.1) is 5.92 Å². The molecule has 1 aromatic heterocycles. The van der Waals surface area contributed by atoms with Gasteiger partial charge in [0.1, 0.15) is 24.7 Å². The Hall–Kier alpha value is -4.77. The summed E-state index contributed by atoms with van der Waals surface area (Å²) in [5.41, 5.74) is 1.43. The highest BCUT2D eigenvalue weighted by Crippen LogP contribution is 2.47. The lowest BCUT2D eigenvalue weighted by Gasteiger charge is -2.24. The van der Waals surface area contributed by atoms with Gasteiger partial charge >= 0.3 is 5.91 Å². The Bertz CT molecular complexity index is 1800. The van der Waals surface area contributed by atoms with E-state index in [4.69, 9.17) is 28.7 Å². The minimum absolute atomic E-state index is 0.0792. The lowest BCUT2D eigenvalue weighted by molar-refractivity contribution is -0.132. The second-order valence-electron chi connectivity index (χ2n) is 11.0. The Balaban J connectivity index is 1.50. The third-order valence-electron chi connectivity index (χ3n) is 7.59. The van der Waals surface area contributed by atoms with E-state index in [2.05, 4.69) is 13.8 Å². The third kappa shape index (κ3) is 5.87. The molecule has 0 saturated carbocycles. The van der Waals surface area contributed by atoms with E-state index in [1.165, 1.54) is 16.2 Å². The molecule has 2 aliphatic heterocycles. The van der Waals surface area contributed by atoms with E-state index in [0.717, 1.165) is 11.1 Å². The van der Waals surface area contributed by atoms with Gasteiger partial charge in [-0.05, 0) is 73.4 Å². The molecule has 1 fully saturated rings. The number of thiazole rings is 1. The average Bonchev–Trinajstić information content (AvgIpc) is 3.58. The van der Waals surface area contributed by atoms with Crippen LogP contribution in [-0.2, 0) is 9.59 Å². The summed E-state index contributed by atoms with van der Waals surface area (Å²) in [6, 6.07) is 14.6. The monoisotopic (exact) mass is 630 g/mol. The zero-order valence-electron chi connectivity index (χ0n) is 25.5. The minimum atomic E-state index is -1.01. The number of ketones is 1. The molecule has 3 heterocycles. The van der Waals surface area contributed by atoms with Crippen LogP contribution < -0.4 is 28.6 Å². The van der Waals surface area contributed by atoms with E-state index in [0.29, 0.717) is 82.9 Å². The lowest BCUT2D eigenvalue weighted by atomic mass is 9.95. The maximum absolute atomic E-state index is 13.8. The lowest BCUT2D eigenvalue weighted by Crippen LogP contribution is -2.29. The van der Waals surface area contributed by atoms with Crippen LogP contribution >= 0.6 is 11.3 Å². The van der Waals surface area contributed by atoms with Crippen LogP contribution in [0.4, 0.5) is 5.13 Å². The number of hydrogen-bond donors (Lipinski definition) is 1. The van der Waals surface area contributed by atoms with Crippen molar-refractivity contribution in [1.82, 2.24) is 4.98 Å². The van der Waals surface area contributed by atoms with Gasteiger partial charge in [0.15, 0.2) is 28.1 Å². The molecule has 1 amide bonds. The predicted molar refractivity (Wildman–Crippen MR) is 171 cm³/mol. The first-order valence-electron chi connectivity index (χ1n) is 14.8. The van der Waals surface area contributed by atoms with Gasteiger partial charge in [-0.15, -0.1) is 0 Å². The number of nitrogens with zero attached hydrogens (tertiary/aromatic N) is 2. The van der Waals surface area contributed by atoms with Crippen molar-refractivity contribution < 1.29 is 38.4 Å². The zero-order chi connectivity index (χ0) is 31.7. The number of ether oxygens (including phenoxy) is 5. The number of rotatable bonds is 10. The Morgan fingerprint density at radius 1 is 1.02 bits per heavy atom. The molecular formula is C34H34N2O8S. The van der Waals surface area contributed by atoms with Crippen molar-refractivity contribution in [3.8, 4) is 28.7 Å². The van der Waals surface area contributed by atoms with Crippen LogP contribution in [0.5, 0.6) is 28.7 Å². The number of anilines is 1. The van der Waals surface area contributed by atoms with Crippen molar-refractivity contribution in [2.75, 3.05) is 38.4 Å². The number of aromatic nitrogens is 1. The minimum Gasteiger partial charge on any atom is -0.507 e. The Morgan fingerprint density at radius 3 is 2.58 bits per heavy atom. The fourth-order valence-corrected chi connectivity index (χ4v) is 6.32. The van der Waals surface area contributed by atoms with Gasteiger partial charge in [-0.2, -0.15) is 0 Å². The van der Waals surface area contributed by atoms with Gasteiger partial charge in [0, 0.05) is 5.56 Å². The summed E-state index contributed by atoms with van der Waals surface area (Å²) in [5, 5.41) is 12.0. The van der Waals surface area contributed by atoms with Crippen molar-refractivity contribution >= 4 is 44.1 Å². The predicted octanol–water partition coefficient (Wildman–Crippen LogP) is 6.53. The molecule has 2 aliphatic rings. The van der Waals surface area contributed by atoms with Gasteiger partial charge in [-0.1, -0.05) is 31.3 Å². The van der Waals surface area contributed by atoms with E-state index in [1.54, 1.807) is 55.6 Å². The second-order valence-corrected chi connectivity index (χ2v) is 12.0. The van der Waals surface area contributed by atoms with Crippen molar-refractivity contribution in [1.29, 1.82) is 0 Å². The number of Topliss-reactive ketones (excluding diaryl/α,β-unsaturated/α-hetero) is 1. The molecule has 0 radical (unpaired) electrons. The number of aliphatic hydroxyl groups is 1. The Morgan fingerprint density at radius 2 is 1.82 bits per heavy atom. The molecular weight excluding hydrogens is 596 g/mol. The van der Waals surface area contributed by atoms with Gasteiger partial charge in [0.2, 0.25) is 0 Å². The standard InChI is InChI=1S/C34H34N2O8S/c1-5-41-26-16-20(6-10-24(26)42-13-12-19(2)3)30-29(31(37)21-7-11-25-27(17-21)44-15-14-43-25)32(38)33(39)36(30)34-35-23-9-8-22(40-4)18-28(23)45-34/h6-11,16-19,30,37H,5,12-15H2,1-4H3/t30-/m1/s1. The van der Waals surface area contributed by atoms with Gasteiger partial charge in [-0.25, -0.2) is 4.98 Å². The highest BCUT2D eigenvalue weighted by molar-refractivity contribution is 7.22. The number of benzene rings is 3. The van der Waals surface area contributed by atoms with Crippen LogP contribution in [0.3, 0.4) is 0 Å². The molecule has 0 unspecified atom stereocenters. The molecule has 0 bridgehead atoms. The number of methoxy groups -OCH3 is 1. The summed E-state index contributed by atoms with van der Waals surface area (Å²) in [6.45, 7) is 7.77. The van der Waals surface area contributed by atoms with Crippen LogP contribution in [-0.4, -0.2) is 55.3 Å². The van der Waals surface area contributed by atoms with E-state index in [1.807, 2.05) is 13.0 Å². The Labute approximate surface area is 264 Å². The molecule has 3 aromatic carbocycles. The number of fused-ring (bicyclic) bond motifs is 2. The summed E-state index contributed by atoms with van der Waals surface area (Å²) in [7, 11) is 1.58. The summed E-state index contributed by atoms with van der Waals surface area (Å²) in [5.74, 6) is 1.13. The number of carbonyl (C=O) groups excluding carboxylic acids is 2. The van der Waals surface area contributed by atoms with Crippen molar-refractivity contribution in [2.24, 2.45) is 5.92 Å². The van der Waals surface area contributed by atoms with Crippen molar-refractivity contribution in [3.05, 3.63) is 71.3 Å². The fraction of sp³-hybridized carbons (Fsp3) is 0.324. The molecule has 11 heteroatoms. The van der Waals surface area contributed by atoms with Crippen molar-refractivity contribution in [3.63, 3.8) is 0 Å². The smallest absolute Gasteiger partial charge is 0.301 e. The summed E-state index contributed by atoms with van der Waals surface area (Å²) in [6.07, 6.45) is 0.866. The molecule has 234 valence electrons. The van der Waals surface area contributed by atoms with E-state index in [9.17, 15) is 14.7 Å². The van der Waals surface area contributed by atoms with Gasteiger partial charge in [-0.3, -0.25) is 14.5 Å². The highest BCUT2D eigenvalue weighted by Gasteiger charge is 2.48. The van der Waals surface area contributed by atoms with E-state index < -0.39 is 17.7 Å². The molecule has 1 N–H and O–H groups in total. The normalized spacial score (nSPS) is 17.3. The maximum atomic E-state index is 13.8. The highest BCUT2D eigenvalue weighted by atomic mass is 32.1. The first-order valence-corrected chi connectivity index (χ1v) is 15.7. The number of amides is 1. The van der Waals surface area contributed by atoms with Gasteiger partial charge < -0.3 is 28.8 Å². The fourth-order valence-electron chi connectivity index (χ4n) is 5.30. The van der Waals surface area contributed by atoms with Gasteiger partial charge in [0.25, 0.3) is 5.78 Å². The second kappa shape index (κ2) is 12.7. The van der Waals surface area contributed by atoms with Gasteiger partial charge in [0.05, 0.1) is 42.2 Å². The number of carbonyl (C=O) groups is 2. The van der Waals surface area contributed by atoms with E-state index in [-0.39, 0.29) is 11.3 Å². The largest absolute Gasteiger partial charge is 0.507 e. The molecule has 0 aliphatic carbocycles. The first kappa shape index (κ1) is 30.3. The first-order chi connectivity index (χ1) is 21.8. The van der Waals surface area contributed by atoms with Crippen LogP contribution in [0.15, 0.2) is 60.2 Å². The van der Waals surface area contributed by atoms with Crippen LogP contribution in [0.25, 0.3) is 16.0 Å². The number of aliphatic hydroxyl groups excluding tert-OH is 1. The van der Waals surface area contributed by atoms with Crippen molar-refractivity contribution in [2.45, 2.75) is 33.2 Å². The van der Waals surface area contributed by atoms with Crippen LogP contribution in [0.2, 0.25) is 0 Å². The maximum Gasteiger partial charge on any atom is 0.301 e. The SMILES string of the molecule is CCOc1cc([C@@H]2C(=C(O)c3ccc4c(c3)OCCO4)C(=O)C(=O)N2c2nc3ccc(OC)cc3s2)ccc1OCCC(C)C. The summed E-state index contributed by atoms with van der Waals surface area (Å²) in [4.78, 5) is 33.7. The topological polar surface area (TPSA) is 117 Å². The third-order valence-corrected chi connectivity index (χ3v) is 8.60. The number of hydrogen-bond acceptors (Lipinski definition) is 10. The quantitative estimate of drug-likeness (QED) is 0.119. The molecule has 0 spiro atoms. The average molecular weight is 631 g/mol. The summed E-state index contributed by atoms with van der Waals surface area (Å²) >= 11 is 1.25. The molecule has 1 atom stereocenters. The molecule has 10 nitrogen and oxygen atoms in total. The zero-order valence-corrected chi connectivity index (χ0v) is 26.3. The van der Waals surface area contributed by atoms with Crippen LogP contribution in [0.1, 0.15) is 44.4 Å². The molecule has 45 heavy (non-hydrogen) atoms. The van der Waals surface area contributed by atoms with E-state index >= 15 is 0 Å². The molecule has 4 aromatic rings. The summed E-state index contributed by atoms with van der Waals surface area (Å²) < 4.78 is 29.5.